The first-order valence-electron chi connectivity index (χ1n) is 6.53. The molecule has 1 unspecified atom stereocenters. The van der Waals surface area contributed by atoms with E-state index in [0.29, 0.717) is 23.0 Å². The zero-order chi connectivity index (χ0) is 13.7. The number of aromatic nitrogens is 2. The van der Waals surface area contributed by atoms with E-state index in [0.717, 1.165) is 18.5 Å². The Balaban J connectivity index is 2.98. The van der Waals surface area contributed by atoms with Crippen molar-refractivity contribution in [1.82, 2.24) is 9.78 Å². The number of nitrogens with one attached hydrogen (secondary N) is 1. The van der Waals surface area contributed by atoms with Crippen LogP contribution in [0, 0.1) is 5.92 Å². The van der Waals surface area contributed by atoms with E-state index in [1.807, 2.05) is 6.92 Å². The lowest BCUT2D eigenvalue weighted by Gasteiger charge is -2.22. The molecule has 0 aliphatic carbocycles. The molecule has 18 heavy (non-hydrogen) atoms. The van der Waals surface area contributed by atoms with Crippen LogP contribution in [0.25, 0.3) is 0 Å². The molecule has 5 heteroatoms. The van der Waals surface area contributed by atoms with Crippen LogP contribution in [0.1, 0.15) is 40.5 Å². The van der Waals surface area contributed by atoms with E-state index < -0.39 is 0 Å². The highest BCUT2D eigenvalue weighted by atomic mass is 79.9. The van der Waals surface area contributed by atoms with Crippen LogP contribution in [0.15, 0.2) is 15.5 Å². The molecule has 1 N–H and O–H groups in total. The lowest BCUT2D eigenvalue weighted by Crippen LogP contribution is -2.29. The molecule has 102 valence electrons. The van der Waals surface area contributed by atoms with Gasteiger partial charge in [-0.15, -0.1) is 0 Å². The van der Waals surface area contributed by atoms with Crippen molar-refractivity contribution in [3.8, 4) is 0 Å². The summed E-state index contributed by atoms with van der Waals surface area (Å²) in [6.07, 6.45) is 3.64. The Hall–Kier alpha value is -0.840. The molecule has 0 fully saturated rings. The minimum absolute atomic E-state index is 0.0690. The fourth-order valence-electron chi connectivity index (χ4n) is 1.88. The summed E-state index contributed by atoms with van der Waals surface area (Å²) < 4.78 is 2.07. The molecule has 0 bridgehead atoms. The number of aryl methyl sites for hydroxylation is 1. The Kier molecular flexibility index (Phi) is 5.85. The van der Waals surface area contributed by atoms with E-state index in [2.05, 4.69) is 47.1 Å². The van der Waals surface area contributed by atoms with Crippen LogP contribution in [-0.2, 0) is 6.54 Å². The van der Waals surface area contributed by atoms with Gasteiger partial charge in [0.05, 0.1) is 11.9 Å². The van der Waals surface area contributed by atoms with Gasteiger partial charge in [0, 0.05) is 12.6 Å². The molecule has 0 aliphatic rings. The quantitative estimate of drug-likeness (QED) is 0.876. The summed E-state index contributed by atoms with van der Waals surface area (Å²) in [5, 5.41) is 7.57. The van der Waals surface area contributed by atoms with Crippen LogP contribution in [0.2, 0.25) is 0 Å². The van der Waals surface area contributed by atoms with Gasteiger partial charge in [0.15, 0.2) is 0 Å². The lowest BCUT2D eigenvalue weighted by atomic mass is 10.0. The van der Waals surface area contributed by atoms with Crippen LogP contribution in [0.4, 0.5) is 5.69 Å². The number of anilines is 1. The average Bonchev–Trinajstić information content (AvgIpc) is 2.34. The van der Waals surface area contributed by atoms with Gasteiger partial charge in [0.25, 0.3) is 5.56 Å². The first kappa shape index (κ1) is 15.2. The third-order valence-electron chi connectivity index (χ3n) is 3.01. The normalized spacial score (nSPS) is 12.8. The molecular formula is C13H22BrN3O. The van der Waals surface area contributed by atoms with Gasteiger partial charge >= 0.3 is 0 Å². The van der Waals surface area contributed by atoms with Crippen molar-refractivity contribution in [1.29, 1.82) is 0 Å². The fourth-order valence-corrected chi connectivity index (χ4v) is 2.30. The van der Waals surface area contributed by atoms with Crippen molar-refractivity contribution in [2.75, 3.05) is 5.32 Å². The van der Waals surface area contributed by atoms with Gasteiger partial charge in [-0.1, -0.05) is 27.7 Å². The maximum Gasteiger partial charge on any atom is 0.283 e. The molecule has 0 radical (unpaired) electrons. The van der Waals surface area contributed by atoms with Crippen LogP contribution in [0.5, 0.6) is 0 Å². The molecule has 0 saturated carbocycles. The second kappa shape index (κ2) is 6.92. The van der Waals surface area contributed by atoms with Crippen LogP contribution in [0.3, 0.4) is 0 Å². The van der Waals surface area contributed by atoms with Gasteiger partial charge in [-0.25, -0.2) is 4.68 Å². The smallest absolute Gasteiger partial charge is 0.283 e. The third-order valence-corrected chi connectivity index (χ3v) is 3.77. The van der Waals surface area contributed by atoms with Gasteiger partial charge < -0.3 is 5.32 Å². The highest BCUT2D eigenvalue weighted by Crippen LogP contribution is 2.20. The summed E-state index contributed by atoms with van der Waals surface area (Å²) >= 11 is 3.37. The standard InChI is InChI=1S/C13H22BrN3O/c1-5-7-17-13(18)12(14)11(8-15-17)16-10(6-2)9(3)4/h8-10,16H,5-7H2,1-4H3. The van der Waals surface area contributed by atoms with Crippen molar-refractivity contribution in [3.05, 3.63) is 21.0 Å². The molecule has 0 aliphatic heterocycles. The van der Waals surface area contributed by atoms with Gasteiger partial charge in [-0.3, -0.25) is 4.79 Å². The number of hydrogen-bond acceptors (Lipinski definition) is 3. The minimum Gasteiger partial charge on any atom is -0.380 e. The summed E-state index contributed by atoms with van der Waals surface area (Å²) in [7, 11) is 0. The third kappa shape index (κ3) is 3.57. The Morgan fingerprint density at radius 1 is 1.44 bits per heavy atom. The highest BCUT2D eigenvalue weighted by molar-refractivity contribution is 9.10. The summed E-state index contributed by atoms with van der Waals surface area (Å²) in [4.78, 5) is 12.0. The van der Waals surface area contributed by atoms with Gasteiger partial charge in [0.1, 0.15) is 4.47 Å². The van der Waals surface area contributed by atoms with Crippen LogP contribution in [-0.4, -0.2) is 15.8 Å². The first-order chi connectivity index (χ1) is 8.51. The van der Waals surface area contributed by atoms with Crippen molar-refractivity contribution >= 4 is 21.6 Å². The molecule has 4 nitrogen and oxygen atoms in total. The minimum atomic E-state index is -0.0690. The number of hydrogen-bond donors (Lipinski definition) is 1. The molecule has 0 amide bonds. The lowest BCUT2D eigenvalue weighted by molar-refractivity contribution is 0.508. The molecule has 1 heterocycles. The van der Waals surface area contributed by atoms with Crippen molar-refractivity contribution < 1.29 is 0 Å². The fraction of sp³-hybridized carbons (Fsp3) is 0.692. The molecular weight excluding hydrogens is 294 g/mol. The maximum absolute atomic E-state index is 12.0. The van der Waals surface area contributed by atoms with Crippen molar-refractivity contribution in [3.63, 3.8) is 0 Å². The zero-order valence-electron chi connectivity index (χ0n) is 11.5. The Morgan fingerprint density at radius 3 is 2.61 bits per heavy atom. The SMILES string of the molecule is CCCn1ncc(NC(CC)C(C)C)c(Br)c1=O. The second-order valence-corrected chi connectivity index (χ2v) is 5.60. The predicted octanol–water partition coefficient (Wildman–Crippen LogP) is 3.26. The summed E-state index contributed by atoms with van der Waals surface area (Å²) in [6.45, 7) is 9.15. The van der Waals surface area contributed by atoms with E-state index >= 15 is 0 Å². The second-order valence-electron chi connectivity index (χ2n) is 4.80. The van der Waals surface area contributed by atoms with Crippen molar-refractivity contribution in [2.24, 2.45) is 5.92 Å². The average molecular weight is 316 g/mol. The van der Waals surface area contributed by atoms with Gasteiger partial charge in [-0.2, -0.15) is 5.10 Å². The Labute approximate surface area is 117 Å². The predicted molar refractivity (Wildman–Crippen MR) is 79.0 cm³/mol. The van der Waals surface area contributed by atoms with Crippen LogP contribution < -0.4 is 10.9 Å². The molecule has 0 spiro atoms. The molecule has 1 aromatic rings. The molecule has 0 aromatic carbocycles. The van der Waals surface area contributed by atoms with Crippen molar-refractivity contribution in [2.45, 2.75) is 53.1 Å². The Morgan fingerprint density at radius 2 is 2.11 bits per heavy atom. The van der Waals surface area contributed by atoms with Crippen LogP contribution >= 0.6 is 15.9 Å². The van der Waals surface area contributed by atoms with E-state index in [9.17, 15) is 4.79 Å². The zero-order valence-corrected chi connectivity index (χ0v) is 13.1. The van der Waals surface area contributed by atoms with E-state index in [1.54, 1.807) is 6.20 Å². The van der Waals surface area contributed by atoms with E-state index in [-0.39, 0.29) is 5.56 Å². The van der Waals surface area contributed by atoms with Gasteiger partial charge in [-0.05, 0) is 34.7 Å². The summed E-state index contributed by atoms with van der Waals surface area (Å²) in [5.41, 5.74) is 0.716. The van der Waals surface area contributed by atoms with E-state index in [4.69, 9.17) is 0 Å². The van der Waals surface area contributed by atoms with Gasteiger partial charge in [0.2, 0.25) is 0 Å². The maximum atomic E-state index is 12.0. The topological polar surface area (TPSA) is 46.9 Å². The first-order valence-corrected chi connectivity index (χ1v) is 7.32. The Bertz CT molecular complexity index is 442. The highest BCUT2D eigenvalue weighted by Gasteiger charge is 2.14. The number of rotatable bonds is 6. The monoisotopic (exact) mass is 315 g/mol. The molecule has 1 rings (SSSR count). The molecule has 1 atom stereocenters. The largest absolute Gasteiger partial charge is 0.380 e. The summed E-state index contributed by atoms with van der Waals surface area (Å²) in [6, 6.07) is 0.351. The number of nitrogens with zero attached hydrogens (tertiary/aromatic N) is 2. The number of halogens is 1. The molecule has 0 saturated heterocycles. The summed E-state index contributed by atoms with van der Waals surface area (Å²) in [5.74, 6) is 0.514. The molecule has 1 aromatic heterocycles. The van der Waals surface area contributed by atoms with E-state index in [1.165, 1.54) is 4.68 Å².